The minimum Gasteiger partial charge on any atom is -0.481 e. The zero-order valence-corrected chi connectivity index (χ0v) is 15.8. The van der Waals surface area contributed by atoms with Gasteiger partial charge in [-0.1, -0.05) is 13.0 Å². The first-order valence-electron chi connectivity index (χ1n) is 9.67. The van der Waals surface area contributed by atoms with Gasteiger partial charge < -0.3 is 24.8 Å². The number of carboxylic acids is 1. The van der Waals surface area contributed by atoms with E-state index in [9.17, 15) is 9.59 Å². The Kier molecular flexibility index (Phi) is 6.42. The maximum Gasteiger partial charge on any atom is 0.317 e. The van der Waals surface area contributed by atoms with E-state index >= 15 is 0 Å². The van der Waals surface area contributed by atoms with Crippen LogP contribution in [0.25, 0.3) is 0 Å². The summed E-state index contributed by atoms with van der Waals surface area (Å²) in [5.41, 5.74) is 0.999. The van der Waals surface area contributed by atoms with Crippen LogP contribution in [0, 0.1) is 5.92 Å². The van der Waals surface area contributed by atoms with Gasteiger partial charge in [0.05, 0.1) is 0 Å². The van der Waals surface area contributed by atoms with Crippen molar-refractivity contribution >= 4 is 12.0 Å². The Morgan fingerprint density at radius 2 is 1.93 bits per heavy atom. The Balaban J connectivity index is 1.65. The summed E-state index contributed by atoms with van der Waals surface area (Å²) in [6, 6.07) is 5.84. The van der Waals surface area contributed by atoms with Gasteiger partial charge in [0.15, 0.2) is 11.5 Å². The summed E-state index contributed by atoms with van der Waals surface area (Å²) in [6.07, 6.45) is 4.72. The Labute approximate surface area is 159 Å². The van der Waals surface area contributed by atoms with Gasteiger partial charge in [0.1, 0.15) is 0 Å². The molecule has 0 aromatic heterocycles. The number of benzene rings is 1. The summed E-state index contributed by atoms with van der Waals surface area (Å²) in [7, 11) is 0. The van der Waals surface area contributed by atoms with Crippen LogP contribution in [0.1, 0.15) is 51.0 Å². The quantitative estimate of drug-likeness (QED) is 0.713. The highest BCUT2D eigenvalue weighted by Gasteiger charge is 2.28. The fourth-order valence-corrected chi connectivity index (χ4v) is 3.69. The highest BCUT2D eigenvalue weighted by atomic mass is 16.7. The molecule has 1 saturated carbocycles. The molecule has 0 radical (unpaired) electrons. The molecule has 1 aromatic rings. The Morgan fingerprint density at radius 1 is 1.19 bits per heavy atom. The number of hydrogen-bond acceptors (Lipinski definition) is 4. The van der Waals surface area contributed by atoms with E-state index in [0.29, 0.717) is 31.2 Å². The van der Waals surface area contributed by atoms with Gasteiger partial charge in [-0.05, 0) is 55.7 Å². The summed E-state index contributed by atoms with van der Waals surface area (Å²) in [6.45, 7) is 3.35. The van der Waals surface area contributed by atoms with E-state index in [-0.39, 0.29) is 25.3 Å². The number of urea groups is 1. The van der Waals surface area contributed by atoms with Crippen LogP contribution in [0.3, 0.4) is 0 Å². The zero-order chi connectivity index (χ0) is 19.2. The predicted octanol–water partition coefficient (Wildman–Crippen LogP) is 3.37. The average molecular weight is 376 g/mol. The van der Waals surface area contributed by atoms with Crippen molar-refractivity contribution in [2.24, 2.45) is 5.92 Å². The second-order valence-corrected chi connectivity index (χ2v) is 7.46. The minimum absolute atomic E-state index is 0.0589. The number of fused-ring (bicyclic) bond motifs is 1. The lowest BCUT2D eigenvalue weighted by Crippen LogP contribution is -2.47. The molecular formula is C20H28N2O5. The summed E-state index contributed by atoms with van der Waals surface area (Å²) >= 11 is 0. The molecule has 2 amide bonds. The second-order valence-electron chi connectivity index (χ2n) is 7.46. The molecule has 0 spiro atoms. The van der Waals surface area contributed by atoms with Crippen molar-refractivity contribution in [2.45, 2.75) is 58.0 Å². The van der Waals surface area contributed by atoms with Crippen molar-refractivity contribution in [3.63, 3.8) is 0 Å². The molecule has 0 unspecified atom stereocenters. The van der Waals surface area contributed by atoms with Gasteiger partial charge in [-0.25, -0.2) is 4.79 Å². The second kappa shape index (κ2) is 8.97. The molecule has 27 heavy (non-hydrogen) atoms. The van der Waals surface area contributed by atoms with Crippen molar-refractivity contribution in [1.82, 2.24) is 10.2 Å². The van der Waals surface area contributed by atoms with E-state index in [4.69, 9.17) is 14.6 Å². The molecule has 3 rings (SSSR count). The number of aliphatic carboxylic acids is 1. The summed E-state index contributed by atoms with van der Waals surface area (Å²) in [5.74, 6) is 1.30. The molecule has 0 saturated heterocycles. The fourth-order valence-electron chi connectivity index (χ4n) is 3.69. The van der Waals surface area contributed by atoms with E-state index < -0.39 is 5.97 Å². The molecule has 7 nitrogen and oxygen atoms in total. The molecule has 7 heteroatoms. The van der Waals surface area contributed by atoms with Crippen LogP contribution in [0.4, 0.5) is 4.79 Å². The minimum atomic E-state index is -0.845. The molecular weight excluding hydrogens is 348 g/mol. The van der Waals surface area contributed by atoms with Crippen LogP contribution < -0.4 is 14.8 Å². The average Bonchev–Trinajstić information content (AvgIpc) is 3.11. The van der Waals surface area contributed by atoms with Crippen molar-refractivity contribution in [2.75, 3.05) is 13.3 Å². The maximum atomic E-state index is 12.8. The van der Waals surface area contributed by atoms with Crippen molar-refractivity contribution in [1.29, 1.82) is 0 Å². The highest BCUT2D eigenvalue weighted by molar-refractivity contribution is 5.74. The van der Waals surface area contributed by atoms with E-state index in [2.05, 4.69) is 12.2 Å². The topological polar surface area (TPSA) is 88.1 Å². The van der Waals surface area contributed by atoms with E-state index in [1.165, 1.54) is 0 Å². The van der Waals surface area contributed by atoms with Gasteiger partial charge in [0, 0.05) is 25.6 Å². The monoisotopic (exact) mass is 376 g/mol. The van der Waals surface area contributed by atoms with E-state index in [1.54, 1.807) is 0 Å². The van der Waals surface area contributed by atoms with E-state index in [1.807, 2.05) is 23.1 Å². The SMILES string of the molecule is CC1CCC(N(Cc2ccc3c(c2)OCO3)C(=O)NCCCC(=O)O)CC1. The summed E-state index contributed by atoms with van der Waals surface area (Å²) in [5, 5.41) is 11.6. The Hall–Kier alpha value is -2.44. The van der Waals surface area contributed by atoms with Gasteiger partial charge in [0.2, 0.25) is 6.79 Å². The Bertz CT molecular complexity index is 670. The van der Waals surface area contributed by atoms with E-state index in [0.717, 1.165) is 37.0 Å². The van der Waals surface area contributed by atoms with Gasteiger partial charge in [-0.2, -0.15) is 0 Å². The molecule has 1 aliphatic heterocycles. The molecule has 0 atom stereocenters. The maximum absolute atomic E-state index is 12.8. The van der Waals surface area contributed by atoms with Gasteiger partial charge in [0.25, 0.3) is 0 Å². The number of hydrogen-bond donors (Lipinski definition) is 2. The number of rotatable bonds is 7. The molecule has 0 bridgehead atoms. The molecule has 1 fully saturated rings. The van der Waals surface area contributed by atoms with Crippen molar-refractivity contribution in [3.8, 4) is 11.5 Å². The van der Waals surface area contributed by atoms with Crippen molar-refractivity contribution in [3.05, 3.63) is 23.8 Å². The molecule has 148 valence electrons. The molecule has 2 N–H and O–H groups in total. The van der Waals surface area contributed by atoms with Gasteiger partial charge >= 0.3 is 12.0 Å². The molecule has 2 aliphatic rings. The zero-order valence-electron chi connectivity index (χ0n) is 15.8. The van der Waals surface area contributed by atoms with Gasteiger partial charge in [-0.3, -0.25) is 4.79 Å². The first-order valence-corrected chi connectivity index (χ1v) is 9.67. The standard InChI is InChI=1S/C20H28N2O5/c1-14-4-7-16(8-5-14)22(20(25)21-10-2-3-19(23)24)12-15-6-9-17-18(11-15)27-13-26-17/h6,9,11,14,16H,2-5,7-8,10,12-13H2,1H3,(H,21,25)(H,23,24). The van der Waals surface area contributed by atoms with Crippen LogP contribution in [-0.2, 0) is 11.3 Å². The van der Waals surface area contributed by atoms with Crippen LogP contribution in [-0.4, -0.2) is 41.4 Å². The normalized spacial score (nSPS) is 20.9. The van der Waals surface area contributed by atoms with Crippen LogP contribution in [0.2, 0.25) is 0 Å². The largest absolute Gasteiger partial charge is 0.481 e. The van der Waals surface area contributed by atoms with Crippen LogP contribution in [0.5, 0.6) is 11.5 Å². The lowest BCUT2D eigenvalue weighted by atomic mass is 9.86. The smallest absolute Gasteiger partial charge is 0.317 e. The Morgan fingerprint density at radius 3 is 2.67 bits per heavy atom. The first kappa shape index (κ1) is 19.3. The number of carbonyl (C=O) groups excluding carboxylic acids is 1. The molecule has 1 aliphatic carbocycles. The summed E-state index contributed by atoms with van der Waals surface area (Å²) in [4.78, 5) is 25.4. The third kappa shape index (κ3) is 5.28. The number of carboxylic acid groups (broad SMARTS) is 1. The number of carbonyl (C=O) groups is 2. The number of ether oxygens (including phenoxy) is 2. The first-order chi connectivity index (χ1) is 13.0. The predicted molar refractivity (Wildman–Crippen MR) is 99.8 cm³/mol. The van der Waals surface area contributed by atoms with Gasteiger partial charge in [-0.15, -0.1) is 0 Å². The fraction of sp³-hybridized carbons (Fsp3) is 0.600. The lowest BCUT2D eigenvalue weighted by Gasteiger charge is -2.36. The molecule has 1 heterocycles. The third-order valence-corrected chi connectivity index (χ3v) is 5.32. The van der Waals surface area contributed by atoms with Crippen molar-refractivity contribution < 1.29 is 24.2 Å². The number of nitrogens with zero attached hydrogens (tertiary/aromatic N) is 1. The highest BCUT2D eigenvalue weighted by Crippen LogP contribution is 2.34. The third-order valence-electron chi connectivity index (χ3n) is 5.32. The van der Waals surface area contributed by atoms with Crippen LogP contribution in [0.15, 0.2) is 18.2 Å². The molecule has 1 aromatic carbocycles. The van der Waals surface area contributed by atoms with Crippen LogP contribution >= 0.6 is 0 Å². The summed E-state index contributed by atoms with van der Waals surface area (Å²) < 4.78 is 10.8. The number of nitrogens with one attached hydrogen (secondary N) is 1. The number of amides is 2. The lowest BCUT2D eigenvalue weighted by molar-refractivity contribution is -0.137.